The van der Waals surface area contributed by atoms with Gasteiger partial charge in [-0.2, -0.15) is 0 Å². The van der Waals surface area contributed by atoms with Gasteiger partial charge in [0.2, 0.25) is 0 Å². The lowest BCUT2D eigenvalue weighted by molar-refractivity contribution is 0.309. The van der Waals surface area contributed by atoms with Gasteiger partial charge in [-0.05, 0) is 19.4 Å². The average molecular weight is 153 g/mol. The van der Waals surface area contributed by atoms with Crippen LogP contribution in [0.5, 0.6) is 0 Å². The van der Waals surface area contributed by atoms with E-state index in [1.807, 2.05) is 0 Å². The maximum atomic E-state index is 2.45. The zero-order valence-corrected chi connectivity index (χ0v) is 7.93. The second-order valence-corrected chi connectivity index (χ2v) is 3.75. The van der Waals surface area contributed by atoms with E-state index < -0.39 is 0 Å². The third-order valence-corrected chi connectivity index (χ3v) is 2.16. The fourth-order valence-corrected chi connectivity index (χ4v) is 1.89. The molecule has 1 rings (SSSR count). The molecule has 11 heavy (non-hydrogen) atoms. The Labute approximate surface area is 70.1 Å². The van der Waals surface area contributed by atoms with E-state index in [1.165, 1.54) is 25.9 Å². The van der Waals surface area contributed by atoms with Crippen molar-refractivity contribution in [2.45, 2.75) is 26.7 Å². The first-order valence-electron chi connectivity index (χ1n) is 4.60. The molecule has 1 nitrogen and oxygen atoms in total. The molecular weight excluding hydrogens is 134 g/mol. The van der Waals surface area contributed by atoms with Crippen LogP contribution in [0.2, 0.25) is 0 Å². The highest BCUT2D eigenvalue weighted by molar-refractivity contribution is 5.09. The molecule has 1 aliphatic rings. The van der Waals surface area contributed by atoms with Crippen molar-refractivity contribution in [3.63, 3.8) is 0 Å². The minimum atomic E-state index is 0.760. The Morgan fingerprint density at radius 2 is 2.36 bits per heavy atom. The Bertz CT molecular complexity index is 149. The highest BCUT2D eigenvalue weighted by Crippen LogP contribution is 2.16. The van der Waals surface area contributed by atoms with Crippen LogP contribution in [0.3, 0.4) is 0 Å². The van der Waals surface area contributed by atoms with Crippen LogP contribution in [-0.2, 0) is 0 Å². The molecule has 0 radical (unpaired) electrons. The molecule has 0 aliphatic carbocycles. The van der Waals surface area contributed by atoms with Crippen molar-refractivity contribution >= 4 is 0 Å². The maximum absolute atomic E-state index is 2.45. The Morgan fingerprint density at radius 3 is 2.91 bits per heavy atom. The van der Waals surface area contributed by atoms with Gasteiger partial charge >= 0.3 is 0 Å². The van der Waals surface area contributed by atoms with E-state index in [4.69, 9.17) is 0 Å². The number of nitrogens with zero attached hydrogens (tertiary/aromatic N) is 1. The molecule has 1 heterocycles. The maximum Gasteiger partial charge on any atom is 0.0190 e. The molecule has 0 saturated carbocycles. The molecule has 0 spiro atoms. The van der Waals surface area contributed by atoms with Gasteiger partial charge in [0.1, 0.15) is 0 Å². The van der Waals surface area contributed by atoms with Gasteiger partial charge in [0.05, 0.1) is 0 Å². The Morgan fingerprint density at radius 1 is 1.64 bits per heavy atom. The predicted octanol–water partition coefficient (Wildman–Crippen LogP) is 2.29. The number of hydrogen-bond donors (Lipinski definition) is 0. The number of likely N-dealkylation sites (N-methyl/N-ethyl adjacent to an activating group) is 1. The lowest BCUT2D eigenvalue weighted by atomic mass is 9.99. The largest absolute Gasteiger partial charge is 0.302 e. The summed E-state index contributed by atoms with van der Waals surface area (Å²) in [5.41, 5.74) is 1.63. The lowest BCUT2D eigenvalue weighted by Gasteiger charge is -2.27. The smallest absolute Gasteiger partial charge is 0.0190 e. The summed E-state index contributed by atoms with van der Waals surface area (Å²) in [5.74, 6) is 0.760. The highest BCUT2D eigenvalue weighted by Gasteiger charge is 2.12. The van der Waals surface area contributed by atoms with Crippen LogP contribution in [-0.4, -0.2) is 25.0 Å². The minimum Gasteiger partial charge on any atom is -0.302 e. The third-order valence-electron chi connectivity index (χ3n) is 2.16. The predicted molar refractivity (Wildman–Crippen MR) is 49.7 cm³/mol. The average Bonchev–Trinajstić information content (AvgIpc) is 1.85. The van der Waals surface area contributed by atoms with Crippen LogP contribution in [0, 0.1) is 5.92 Å². The quantitative estimate of drug-likeness (QED) is 0.550. The molecule has 0 saturated heterocycles. The molecule has 0 fully saturated rings. The highest BCUT2D eigenvalue weighted by atomic mass is 15.1. The van der Waals surface area contributed by atoms with Crippen molar-refractivity contribution < 1.29 is 0 Å². The van der Waals surface area contributed by atoms with Crippen molar-refractivity contribution in [1.29, 1.82) is 0 Å². The fourth-order valence-electron chi connectivity index (χ4n) is 1.89. The molecule has 0 aromatic carbocycles. The summed E-state index contributed by atoms with van der Waals surface area (Å²) in [7, 11) is 2.21. The van der Waals surface area contributed by atoms with E-state index in [2.05, 4.69) is 31.9 Å². The second-order valence-electron chi connectivity index (χ2n) is 3.75. The topological polar surface area (TPSA) is 3.24 Å². The van der Waals surface area contributed by atoms with Gasteiger partial charge < -0.3 is 4.90 Å². The molecule has 0 aromatic rings. The van der Waals surface area contributed by atoms with Crippen molar-refractivity contribution in [3.05, 3.63) is 11.6 Å². The first kappa shape index (κ1) is 8.79. The SMILES string of the molecule is CCCC1=C[C@@H](C)CN(C)C1. The van der Waals surface area contributed by atoms with Crippen LogP contribution in [0.15, 0.2) is 11.6 Å². The van der Waals surface area contributed by atoms with Crippen LogP contribution < -0.4 is 0 Å². The van der Waals surface area contributed by atoms with Crippen molar-refractivity contribution in [3.8, 4) is 0 Å². The van der Waals surface area contributed by atoms with Gasteiger partial charge in [-0.15, -0.1) is 0 Å². The van der Waals surface area contributed by atoms with Gasteiger partial charge in [-0.25, -0.2) is 0 Å². The van der Waals surface area contributed by atoms with Gasteiger partial charge in [-0.3, -0.25) is 0 Å². The molecule has 0 aromatic heterocycles. The fraction of sp³-hybridized carbons (Fsp3) is 0.800. The molecule has 1 atom stereocenters. The first-order chi connectivity index (χ1) is 5.22. The number of rotatable bonds is 2. The Kier molecular flexibility index (Phi) is 3.13. The molecule has 64 valence electrons. The summed E-state index contributed by atoms with van der Waals surface area (Å²) >= 11 is 0. The van der Waals surface area contributed by atoms with Crippen LogP contribution >= 0.6 is 0 Å². The van der Waals surface area contributed by atoms with Gasteiger partial charge in [0, 0.05) is 13.1 Å². The molecule has 0 N–H and O–H groups in total. The summed E-state index contributed by atoms with van der Waals surface area (Å²) in [6.45, 7) is 6.97. The van der Waals surface area contributed by atoms with E-state index in [0.29, 0.717) is 0 Å². The van der Waals surface area contributed by atoms with Crippen LogP contribution in [0.4, 0.5) is 0 Å². The first-order valence-corrected chi connectivity index (χ1v) is 4.60. The van der Waals surface area contributed by atoms with E-state index >= 15 is 0 Å². The van der Waals surface area contributed by atoms with E-state index in [1.54, 1.807) is 5.57 Å². The molecule has 1 aliphatic heterocycles. The third kappa shape index (κ3) is 2.66. The molecular formula is C10H19N. The number of hydrogen-bond acceptors (Lipinski definition) is 1. The van der Waals surface area contributed by atoms with Crippen molar-refractivity contribution in [2.75, 3.05) is 20.1 Å². The van der Waals surface area contributed by atoms with Crippen LogP contribution in [0.1, 0.15) is 26.7 Å². The van der Waals surface area contributed by atoms with Crippen LogP contribution in [0.25, 0.3) is 0 Å². The second kappa shape index (κ2) is 3.91. The van der Waals surface area contributed by atoms with E-state index in [0.717, 1.165) is 5.92 Å². The van der Waals surface area contributed by atoms with Gasteiger partial charge in [-0.1, -0.05) is 31.9 Å². The molecule has 1 heteroatoms. The summed E-state index contributed by atoms with van der Waals surface area (Å²) in [6, 6.07) is 0. The molecule has 0 amide bonds. The minimum absolute atomic E-state index is 0.760. The normalized spacial score (nSPS) is 26.8. The van der Waals surface area contributed by atoms with E-state index in [9.17, 15) is 0 Å². The Hall–Kier alpha value is -0.300. The van der Waals surface area contributed by atoms with Crippen molar-refractivity contribution in [2.24, 2.45) is 5.92 Å². The molecule has 0 unspecified atom stereocenters. The summed E-state index contributed by atoms with van der Waals surface area (Å²) in [6.07, 6.45) is 5.02. The van der Waals surface area contributed by atoms with Gasteiger partial charge in [0.15, 0.2) is 0 Å². The monoisotopic (exact) mass is 153 g/mol. The zero-order chi connectivity index (χ0) is 8.27. The standard InChI is InChI=1S/C10H19N/c1-4-5-10-6-9(2)7-11(3)8-10/h6,9H,4-5,7-8H2,1-3H3/t9-/m1/s1. The summed E-state index contributed by atoms with van der Waals surface area (Å²) in [4.78, 5) is 2.41. The van der Waals surface area contributed by atoms with E-state index in [-0.39, 0.29) is 0 Å². The molecule has 0 bridgehead atoms. The summed E-state index contributed by atoms with van der Waals surface area (Å²) < 4.78 is 0. The van der Waals surface area contributed by atoms with Crippen molar-refractivity contribution in [1.82, 2.24) is 4.90 Å². The van der Waals surface area contributed by atoms with Gasteiger partial charge in [0.25, 0.3) is 0 Å². The lowest BCUT2D eigenvalue weighted by Crippen LogP contribution is -2.30. The summed E-state index contributed by atoms with van der Waals surface area (Å²) in [5, 5.41) is 0. The zero-order valence-electron chi connectivity index (χ0n) is 7.93. The Balaban J connectivity index is 2.49.